The minimum absolute atomic E-state index is 0.403. The number of rotatable bonds is 4. The molecule has 1 fully saturated rings. The zero-order valence-corrected chi connectivity index (χ0v) is 12.0. The van der Waals surface area contributed by atoms with E-state index in [1.165, 1.54) is 23.1 Å². The van der Waals surface area contributed by atoms with Crippen molar-refractivity contribution in [2.45, 2.75) is 46.2 Å². The zero-order valence-electron chi connectivity index (χ0n) is 12.0. The minimum Gasteiger partial charge on any atom is -0.381 e. The molecule has 1 N–H and O–H groups in total. The van der Waals surface area contributed by atoms with Gasteiger partial charge >= 0.3 is 0 Å². The second-order valence-electron chi connectivity index (χ2n) is 5.66. The molecule has 0 spiro atoms. The van der Waals surface area contributed by atoms with Crippen molar-refractivity contribution in [2.24, 2.45) is 5.92 Å². The van der Waals surface area contributed by atoms with E-state index in [9.17, 15) is 0 Å². The maximum atomic E-state index is 5.47. The van der Waals surface area contributed by atoms with Gasteiger partial charge in [-0.2, -0.15) is 0 Å². The summed E-state index contributed by atoms with van der Waals surface area (Å²) in [5, 5.41) is 3.73. The maximum absolute atomic E-state index is 5.47. The van der Waals surface area contributed by atoms with E-state index in [-0.39, 0.29) is 0 Å². The molecule has 1 saturated heterocycles. The van der Waals surface area contributed by atoms with Crippen molar-refractivity contribution in [1.82, 2.24) is 5.32 Å². The highest BCUT2D eigenvalue weighted by atomic mass is 16.5. The molecule has 0 bridgehead atoms. The highest BCUT2D eigenvalue weighted by molar-refractivity contribution is 5.32. The average molecular weight is 247 g/mol. The van der Waals surface area contributed by atoms with Crippen molar-refractivity contribution >= 4 is 0 Å². The molecule has 0 aromatic heterocycles. The quantitative estimate of drug-likeness (QED) is 0.880. The summed E-state index contributed by atoms with van der Waals surface area (Å²) in [5.41, 5.74) is 4.12. The van der Waals surface area contributed by atoms with Crippen LogP contribution < -0.4 is 5.32 Å². The fourth-order valence-corrected chi connectivity index (χ4v) is 2.79. The van der Waals surface area contributed by atoms with Crippen LogP contribution in [0.4, 0.5) is 0 Å². The normalized spacial score (nSPS) is 23.0. The van der Waals surface area contributed by atoms with Gasteiger partial charge in [0.2, 0.25) is 0 Å². The first-order valence-corrected chi connectivity index (χ1v) is 6.99. The molecule has 2 heteroatoms. The molecule has 3 unspecified atom stereocenters. The van der Waals surface area contributed by atoms with Crippen LogP contribution in [0.15, 0.2) is 18.2 Å². The van der Waals surface area contributed by atoms with Crippen LogP contribution in [0.5, 0.6) is 0 Å². The molecule has 2 rings (SSSR count). The molecule has 2 nitrogen and oxygen atoms in total. The van der Waals surface area contributed by atoms with Crippen molar-refractivity contribution in [3.8, 4) is 0 Å². The Morgan fingerprint density at radius 2 is 2.06 bits per heavy atom. The van der Waals surface area contributed by atoms with Gasteiger partial charge in [0, 0.05) is 18.7 Å². The van der Waals surface area contributed by atoms with Gasteiger partial charge in [0.05, 0.1) is 6.61 Å². The first-order valence-electron chi connectivity index (χ1n) is 6.99. The SMILES string of the molecule is Cc1ccc(C)c(C(C)NC(C)C2CCOC2)c1. The number of hydrogen-bond acceptors (Lipinski definition) is 2. The highest BCUT2D eigenvalue weighted by Gasteiger charge is 2.23. The van der Waals surface area contributed by atoms with E-state index in [0.29, 0.717) is 18.0 Å². The fraction of sp³-hybridized carbons (Fsp3) is 0.625. The summed E-state index contributed by atoms with van der Waals surface area (Å²) in [5.74, 6) is 0.664. The monoisotopic (exact) mass is 247 g/mol. The average Bonchev–Trinajstić information content (AvgIpc) is 2.85. The lowest BCUT2D eigenvalue weighted by Crippen LogP contribution is -2.35. The van der Waals surface area contributed by atoms with Gasteiger partial charge < -0.3 is 10.1 Å². The van der Waals surface area contributed by atoms with Crippen LogP contribution >= 0.6 is 0 Å². The van der Waals surface area contributed by atoms with E-state index in [1.54, 1.807) is 0 Å². The summed E-state index contributed by atoms with van der Waals surface area (Å²) in [7, 11) is 0. The number of ether oxygens (including phenoxy) is 1. The van der Waals surface area contributed by atoms with E-state index >= 15 is 0 Å². The summed E-state index contributed by atoms with van der Waals surface area (Å²) < 4.78 is 5.47. The van der Waals surface area contributed by atoms with Crippen LogP contribution in [0.3, 0.4) is 0 Å². The molecule has 1 aromatic carbocycles. The molecule has 3 atom stereocenters. The third kappa shape index (κ3) is 3.12. The van der Waals surface area contributed by atoms with Crippen LogP contribution in [-0.2, 0) is 4.74 Å². The van der Waals surface area contributed by atoms with Gasteiger partial charge in [-0.25, -0.2) is 0 Å². The Hall–Kier alpha value is -0.860. The van der Waals surface area contributed by atoms with Gasteiger partial charge in [0.15, 0.2) is 0 Å². The lowest BCUT2D eigenvalue weighted by molar-refractivity contribution is 0.177. The van der Waals surface area contributed by atoms with Gasteiger partial charge in [-0.1, -0.05) is 23.8 Å². The Morgan fingerprint density at radius 1 is 1.28 bits per heavy atom. The Kier molecular flexibility index (Phi) is 4.41. The molecule has 1 aromatic rings. The van der Waals surface area contributed by atoms with Crippen LogP contribution in [-0.4, -0.2) is 19.3 Å². The second kappa shape index (κ2) is 5.85. The molecule has 0 amide bonds. The summed E-state index contributed by atoms with van der Waals surface area (Å²) in [6, 6.07) is 7.61. The van der Waals surface area contributed by atoms with Crippen LogP contribution in [0.2, 0.25) is 0 Å². The van der Waals surface area contributed by atoms with Gasteiger partial charge in [0.1, 0.15) is 0 Å². The van der Waals surface area contributed by atoms with Gasteiger partial charge in [-0.15, -0.1) is 0 Å². The summed E-state index contributed by atoms with van der Waals surface area (Å²) >= 11 is 0. The molecule has 100 valence electrons. The standard InChI is InChI=1S/C16H25NO/c1-11-5-6-12(2)16(9-11)14(4)17-13(3)15-7-8-18-10-15/h5-6,9,13-15,17H,7-8,10H2,1-4H3. The van der Waals surface area contributed by atoms with E-state index in [1.807, 2.05) is 0 Å². The molecule has 1 aliphatic heterocycles. The third-order valence-electron chi connectivity index (χ3n) is 4.09. The lowest BCUT2D eigenvalue weighted by Gasteiger charge is -2.25. The number of aryl methyl sites for hydroxylation is 2. The smallest absolute Gasteiger partial charge is 0.0509 e. The Morgan fingerprint density at radius 3 is 2.72 bits per heavy atom. The zero-order chi connectivity index (χ0) is 13.1. The summed E-state index contributed by atoms with van der Waals surface area (Å²) in [4.78, 5) is 0. The largest absolute Gasteiger partial charge is 0.381 e. The van der Waals surface area contributed by atoms with Crippen molar-refractivity contribution < 1.29 is 4.74 Å². The lowest BCUT2D eigenvalue weighted by atomic mass is 9.96. The topological polar surface area (TPSA) is 21.3 Å². The fourth-order valence-electron chi connectivity index (χ4n) is 2.79. The molecule has 0 radical (unpaired) electrons. The van der Waals surface area contributed by atoms with Crippen LogP contribution in [0, 0.1) is 19.8 Å². The maximum Gasteiger partial charge on any atom is 0.0509 e. The van der Waals surface area contributed by atoms with E-state index in [2.05, 4.69) is 51.2 Å². The first-order chi connectivity index (χ1) is 8.58. The van der Waals surface area contributed by atoms with E-state index in [0.717, 1.165) is 13.2 Å². The Balaban J connectivity index is 2.02. The van der Waals surface area contributed by atoms with Gasteiger partial charge in [-0.3, -0.25) is 0 Å². The predicted octanol–water partition coefficient (Wildman–Crippen LogP) is 3.38. The summed E-state index contributed by atoms with van der Waals surface area (Å²) in [6.45, 7) is 10.7. The third-order valence-corrected chi connectivity index (χ3v) is 4.09. The summed E-state index contributed by atoms with van der Waals surface area (Å²) in [6.07, 6.45) is 1.19. The van der Waals surface area contributed by atoms with Crippen molar-refractivity contribution in [1.29, 1.82) is 0 Å². The molecular weight excluding hydrogens is 222 g/mol. The highest BCUT2D eigenvalue weighted by Crippen LogP contribution is 2.23. The van der Waals surface area contributed by atoms with Crippen molar-refractivity contribution in [3.63, 3.8) is 0 Å². The van der Waals surface area contributed by atoms with Crippen LogP contribution in [0.25, 0.3) is 0 Å². The van der Waals surface area contributed by atoms with Crippen molar-refractivity contribution in [3.05, 3.63) is 34.9 Å². The molecular formula is C16H25NO. The number of benzene rings is 1. The Bertz CT molecular complexity index is 396. The first kappa shape index (κ1) is 13.6. The Labute approximate surface area is 111 Å². The van der Waals surface area contributed by atoms with Crippen molar-refractivity contribution in [2.75, 3.05) is 13.2 Å². The van der Waals surface area contributed by atoms with Gasteiger partial charge in [0.25, 0.3) is 0 Å². The van der Waals surface area contributed by atoms with Gasteiger partial charge in [-0.05, 0) is 51.2 Å². The predicted molar refractivity (Wildman–Crippen MR) is 75.9 cm³/mol. The minimum atomic E-state index is 0.403. The molecule has 1 aliphatic rings. The second-order valence-corrected chi connectivity index (χ2v) is 5.66. The number of hydrogen-bond donors (Lipinski definition) is 1. The van der Waals surface area contributed by atoms with E-state index < -0.39 is 0 Å². The molecule has 18 heavy (non-hydrogen) atoms. The molecule has 1 heterocycles. The molecule has 0 aliphatic carbocycles. The molecule has 0 saturated carbocycles. The van der Waals surface area contributed by atoms with E-state index in [4.69, 9.17) is 4.74 Å². The number of nitrogens with one attached hydrogen (secondary N) is 1. The van der Waals surface area contributed by atoms with Crippen LogP contribution in [0.1, 0.15) is 43.0 Å².